The molecule has 34 heavy (non-hydrogen) atoms. The number of methoxy groups -OCH3 is 2. The van der Waals surface area contributed by atoms with Crippen molar-refractivity contribution in [1.82, 2.24) is 9.88 Å². The third-order valence-corrected chi connectivity index (χ3v) is 8.00. The Morgan fingerprint density at radius 1 is 1.03 bits per heavy atom. The summed E-state index contributed by atoms with van der Waals surface area (Å²) in [6.07, 6.45) is 0.444. The largest absolute Gasteiger partial charge is 0.495 e. The van der Waals surface area contributed by atoms with Gasteiger partial charge in [0.05, 0.1) is 24.9 Å². The van der Waals surface area contributed by atoms with Gasteiger partial charge in [-0.15, -0.1) is 0 Å². The molecular formula is C23H28FN3O5S2. The Morgan fingerprint density at radius 3 is 2.29 bits per heavy atom. The van der Waals surface area contributed by atoms with Crippen molar-refractivity contribution >= 4 is 42.4 Å². The molecule has 184 valence electrons. The average molecular weight is 510 g/mol. The molecule has 0 aliphatic carbocycles. The van der Waals surface area contributed by atoms with E-state index in [9.17, 15) is 17.6 Å². The average Bonchev–Trinajstić information content (AvgIpc) is 3.25. The van der Waals surface area contributed by atoms with Gasteiger partial charge in [-0.25, -0.2) is 17.8 Å². The molecule has 1 aromatic heterocycles. The molecule has 0 radical (unpaired) electrons. The minimum atomic E-state index is -3.75. The zero-order valence-electron chi connectivity index (χ0n) is 19.6. The number of ether oxygens (including phenoxy) is 2. The second kappa shape index (κ2) is 11.1. The van der Waals surface area contributed by atoms with Crippen molar-refractivity contribution in [2.24, 2.45) is 0 Å². The molecule has 0 spiro atoms. The fourth-order valence-electron chi connectivity index (χ4n) is 3.38. The second-order valence-electron chi connectivity index (χ2n) is 7.87. The van der Waals surface area contributed by atoms with Crippen LogP contribution in [0.25, 0.3) is 10.2 Å². The zero-order chi connectivity index (χ0) is 24.9. The van der Waals surface area contributed by atoms with E-state index >= 15 is 0 Å². The quantitative estimate of drug-likeness (QED) is 0.365. The van der Waals surface area contributed by atoms with Gasteiger partial charge in [0.2, 0.25) is 5.91 Å². The summed E-state index contributed by atoms with van der Waals surface area (Å²) in [6.45, 7) is 1.12. The lowest BCUT2D eigenvalue weighted by molar-refractivity contribution is -0.118. The van der Waals surface area contributed by atoms with Gasteiger partial charge < -0.3 is 14.4 Å². The minimum absolute atomic E-state index is 0.0182. The van der Waals surface area contributed by atoms with Crippen LogP contribution in [0.4, 0.5) is 9.52 Å². The molecule has 11 heteroatoms. The highest BCUT2D eigenvalue weighted by atomic mass is 32.2. The minimum Gasteiger partial charge on any atom is -0.495 e. The summed E-state index contributed by atoms with van der Waals surface area (Å²) in [5.41, 5.74) is 0.575. The van der Waals surface area contributed by atoms with Crippen molar-refractivity contribution in [3.8, 4) is 11.5 Å². The number of thiazole rings is 1. The van der Waals surface area contributed by atoms with Crippen LogP contribution in [-0.2, 0) is 14.6 Å². The molecule has 1 heterocycles. The van der Waals surface area contributed by atoms with Crippen LogP contribution in [0.2, 0.25) is 0 Å². The Balaban J connectivity index is 1.88. The summed E-state index contributed by atoms with van der Waals surface area (Å²) in [5, 5.41) is 0.445. The molecule has 0 aliphatic rings. The zero-order valence-corrected chi connectivity index (χ0v) is 21.2. The number of benzene rings is 2. The normalized spacial score (nSPS) is 11.7. The number of amides is 1. The topological polar surface area (TPSA) is 89.0 Å². The smallest absolute Gasteiger partial charge is 0.229 e. The summed E-state index contributed by atoms with van der Waals surface area (Å²) in [6, 6.07) is 8.11. The van der Waals surface area contributed by atoms with Crippen molar-refractivity contribution in [3.05, 3.63) is 42.2 Å². The van der Waals surface area contributed by atoms with Crippen LogP contribution in [0, 0.1) is 5.82 Å². The van der Waals surface area contributed by atoms with Gasteiger partial charge in [-0.2, -0.15) is 0 Å². The Bertz CT molecular complexity index is 1200. The number of carbonyl (C=O) groups excluding carboxylic acids is 1. The first-order valence-corrected chi connectivity index (χ1v) is 13.1. The van der Waals surface area contributed by atoms with Gasteiger partial charge in [-0.1, -0.05) is 11.3 Å². The van der Waals surface area contributed by atoms with Gasteiger partial charge in [-0.05, 0) is 63.5 Å². The van der Waals surface area contributed by atoms with Gasteiger partial charge in [0.25, 0.3) is 0 Å². The molecule has 0 N–H and O–H groups in total. The molecular weight excluding hydrogens is 481 g/mol. The third-order valence-electron chi connectivity index (χ3n) is 5.18. The fraction of sp³-hybridized carbons (Fsp3) is 0.391. The molecule has 0 atom stereocenters. The predicted molar refractivity (Wildman–Crippen MR) is 131 cm³/mol. The maximum Gasteiger partial charge on any atom is 0.229 e. The number of fused-ring (bicyclic) bond motifs is 1. The highest BCUT2D eigenvalue weighted by molar-refractivity contribution is 7.91. The van der Waals surface area contributed by atoms with E-state index in [0.717, 1.165) is 23.4 Å². The molecule has 0 fully saturated rings. The van der Waals surface area contributed by atoms with Crippen LogP contribution in [0.1, 0.15) is 12.8 Å². The Labute approximate surface area is 202 Å². The fourth-order valence-corrected chi connectivity index (χ4v) is 5.73. The van der Waals surface area contributed by atoms with Crippen LogP contribution in [0.5, 0.6) is 11.5 Å². The van der Waals surface area contributed by atoms with E-state index in [1.165, 1.54) is 28.4 Å². The SMILES string of the molecule is COc1ccc(OC)c2sc(N(CCCN(C)C)C(=O)CCS(=O)(=O)c3ccc(F)cc3)nc12. The maximum absolute atomic E-state index is 13.2. The first kappa shape index (κ1) is 25.9. The number of hydrogen-bond acceptors (Lipinski definition) is 8. The number of hydrogen-bond donors (Lipinski definition) is 0. The van der Waals surface area contributed by atoms with Gasteiger partial charge in [0, 0.05) is 13.0 Å². The Kier molecular flexibility index (Phi) is 8.45. The van der Waals surface area contributed by atoms with Gasteiger partial charge in [0.15, 0.2) is 15.0 Å². The van der Waals surface area contributed by atoms with Crippen molar-refractivity contribution in [3.63, 3.8) is 0 Å². The molecule has 8 nitrogen and oxygen atoms in total. The summed E-state index contributed by atoms with van der Waals surface area (Å²) < 4.78 is 50.1. The molecule has 0 aliphatic heterocycles. The van der Waals surface area contributed by atoms with Crippen LogP contribution in [0.3, 0.4) is 0 Å². The van der Waals surface area contributed by atoms with Crippen molar-refractivity contribution in [2.75, 3.05) is 52.1 Å². The van der Waals surface area contributed by atoms with Crippen molar-refractivity contribution in [2.45, 2.75) is 17.7 Å². The summed E-state index contributed by atoms with van der Waals surface area (Å²) in [4.78, 5) is 21.4. The number of sulfone groups is 1. The molecule has 0 saturated heterocycles. The van der Waals surface area contributed by atoms with E-state index in [1.807, 2.05) is 19.0 Å². The van der Waals surface area contributed by atoms with Crippen molar-refractivity contribution < 1.29 is 27.1 Å². The number of nitrogens with zero attached hydrogens (tertiary/aromatic N) is 3. The maximum atomic E-state index is 13.2. The lowest BCUT2D eigenvalue weighted by Gasteiger charge is -2.21. The van der Waals surface area contributed by atoms with E-state index in [-0.39, 0.29) is 23.0 Å². The number of carbonyl (C=O) groups is 1. The first-order chi connectivity index (χ1) is 16.2. The third kappa shape index (κ3) is 6.02. The van der Waals surface area contributed by atoms with Gasteiger partial charge >= 0.3 is 0 Å². The monoisotopic (exact) mass is 509 g/mol. The molecule has 0 bridgehead atoms. The van der Waals surface area contributed by atoms with Gasteiger partial charge in [-0.3, -0.25) is 9.69 Å². The molecule has 3 aromatic rings. The number of halogens is 1. The number of aromatic nitrogens is 1. The first-order valence-electron chi connectivity index (χ1n) is 10.6. The molecule has 0 saturated carbocycles. The Hall–Kier alpha value is -2.76. The number of rotatable bonds is 11. The van der Waals surface area contributed by atoms with E-state index in [0.29, 0.717) is 35.1 Å². The van der Waals surface area contributed by atoms with E-state index in [4.69, 9.17) is 9.47 Å². The van der Waals surface area contributed by atoms with Crippen LogP contribution in [0.15, 0.2) is 41.3 Å². The summed E-state index contributed by atoms with van der Waals surface area (Å²) >= 11 is 1.29. The highest BCUT2D eigenvalue weighted by Gasteiger charge is 2.25. The van der Waals surface area contributed by atoms with E-state index < -0.39 is 15.7 Å². The van der Waals surface area contributed by atoms with E-state index in [2.05, 4.69) is 4.98 Å². The summed E-state index contributed by atoms with van der Waals surface area (Å²) in [5.74, 6) is -0.110. The van der Waals surface area contributed by atoms with Crippen LogP contribution >= 0.6 is 11.3 Å². The second-order valence-corrected chi connectivity index (χ2v) is 11.0. The number of anilines is 1. The lowest BCUT2D eigenvalue weighted by atomic mass is 10.3. The highest BCUT2D eigenvalue weighted by Crippen LogP contribution is 2.40. The van der Waals surface area contributed by atoms with Crippen molar-refractivity contribution in [1.29, 1.82) is 0 Å². The summed E-state index contributed by atoms with van der Waals surface area (Å²) in [7, 11) is 3.23. The molecule has 1 amide bonds. The standard InChI is InChI=1S/C23H28FN3O5S2/c1-26(2)13-5-14-27(20(28)12-15-34(29,30)17-8-6-16(24)7-9-17)23-25-21-18(31-3)10-11-19(32-4)22(21)33-23/h6-11H,5,12-15H2,1-4H3. The lowest BCUT2D eigenvalue weighted by Crippen LogP contribution is -2.34. The van der Waals surface area contributed by atoms with Crippen LogP contribution in [-0.4, -0.2) is 71.4 Å². The molecule has 0 unspecified atom stereocenters. The molecule has 2 aromatic carbocycles. The van der Waals surface area contributed by atoms with Gasteiger partial charge in [0.1, 0.15) is 27.5 Å². The van der Waals surface area contributed by atoms with Crippen LogP contribution < -0.4 is 14.4 Å². The predicted octanol–water partition coefficient (Wildman–Crippen LogP) is 3.60. The molecule has 3 rings (SSSR count). The Morgan fingerprint density at radius 2 is 1.68 bits per heavy atom. The van der Waals surface area contributed by atoms with E-state index in [1.54, 1.807) is 26.4 Å².